The summed E-state index contributed by atoms with van der Waals surface area (Å²) in [4.78, 5) is 1.75. The quantitative estimate of drug-likeness (QED) is 0.614. The van der Waals surface area contributed by atoms with Crippen LogP contribution in [0.4, 0.5) is 26.3 Å². The summed E-state index contributed by atoms with van der Waals surface area (Å²) < 4.78 is 76.7. The van der Waals surface area contributed by atoms with Crippen LogP contribution in [-0.4, -0.2) is 37.3 Å². The molecule has 0 radical (unpaired) electrons. The van der Waals surface area contributed by atoms with Gasteiger partial charge in [-0.05, 0) is 30.2 Å². The van der Waals surface area contributed by atoms with E-state index in [2.05, 4.69) is 5.32 Å². The average Bonchev–Trinajstić information content (AvgIpc) is 2.48. The molecule has 2 rings (SSSR count). The molecule has 152 valence electrons. The van der Waals surface area contributed by atoms with Crippen LogP contribution in [0, 0.1) is 0 Å². The van der Waals surface area contributed by atoms with E-state index in [0.717, 1.165) is 18.2 Å². The van der Waals surface area contributed by atoms with Gasteiger partial charge in [0.1, 0.15) is 0 Å². The van der Waals surface area contributed by atoms with Crippen molar-refractivity contribution < 1.29 is 26.3 Å². The van der Waals surface area contributed by atoms with Crippen molar-refractivity contribution in [1.82, 2.24) is 10.2 Å². The van der Waals surface area contributed by atoms with Gasteiger partial charge in [0.15, 0.2) is 0 Å². The molecule has 1 heterocycles. The van der Waals surface area contributed by atoms with E-state index in [0.29, 0.717) is 26.2 Å². The topological polar surface area (TPSA) is 15.3 Å². The monoisotopic (exact) mass is 446 g/mol. The zero-order valence-corrected chi connectivity index (χ0v) is 15.9. The van der Waals surface area contributed by atoms with Gasteiger partial charge in [0, 0.05) is 43.7 Å². The molecule has 0 bridgehead atoms. The Hall–Kier alpha value is -0.410. The Bertz CT molecular complexity index is 559. The summed E-state index contributed by atoms with van der Waals surface area (Å²) in [5, 5.41) is 3.12. The minimum atomic E-state index is -4.57. The highest BCUT2D eigenvalue weighted by molar-refractivity contribution is 6.31. The van der Waals surface area contributed by atoms with E-state index in [-0.39, 0.29) is 41.8 Å². The fourth-order valence-corrected chi connectivity index (χ4v) is 3.05. The van der Waals surface area contributed by atoms with Crippen molar-refractivity contribution in [1.29, 1.82) is 0 Å². The van der Waals surface area contributed by atoms with Gasteiger partial charge < -0.3 is 5.32 Å². The molecule has 11 heteroatoms. The molecule has 0 aliphatic carbocycles. The molecule has 1 aliphatic rings. The smallest absolute Gasteiger partial charge is 0.314 e. The minimum Gasteiger partial charge on any atom is -0.314 e. The number of benzene rings is 1. The lowest BCUT2D eigenvalue weighted by atomic mass is 9.97. The van der Waals surface area contributed by atoms with Crippen molar-refractivity contribution >= 4 is 36.4 Å². The second-order valence-corrected chi connectivity index (χ2v) is 6.10. The van der Waals surface area contributed by atoms with E-state index >= 15 is 0 Å². The molecule has 1 N–H and O–H groups in total. The number of hydrogen-bond donors (Lipinski definition) is 1. The van der Waals surface area contributed by atoms with Gasteiger partial charge in [0.25, 0.3) is 0 Å². The largest absolute Gasteiger partial charge is 0.416 e. The lowest BCUT2D eigenvalue weighted by Crippen LogP contribution is -2.45. The first kappa shape index (κ1) is 25.6. The van der Waals surface area contributed by atoms with Crippen LogP contribution in [0.1, 0.15) is 30.0 Å². The van der Waals surface area contributed by atoms with Gasteiger partial charge in [-0.2, -0.15) is 26.3 Å². The van der Waals surface area contributed by atoms with Crippen molar-refractivity contribution in [2.75, 3.05) is 26.2 Å². The molecule has 1 aliphatic heterocycles. The van der Waals surface area contributed by atoms with Gasteiger partial charge in [0.05, 0.1) is 5.56 Å². The molecular weight excluding hydrogens is 429 g/mol. The molecule has 1 aromatic carbocycles. The second kappa shape index (κ2) is 10.2. The van der Waals surface area contributed by atoms with Gasteiger partial charge >= 0.3 is 12.4 Å². The van der Waals surface area contributed by atoms with Crippen LogP contribution in [-0.2, 0) is 6.18 Å². The number of hydrogen-bond acceptors (Lipinski definition) is 2. The molecule has 1 saturated heterocycles. The number of rotatable bonds is 4. The normalized spacial score (nSPS) is 17.2. The zero-order chi connectivity index (χ0) is 18.0. The van der Waals surface area contributed by atoms with Gasteiger partial charge in [-0.25, -0.2) is 0 Å². The van der Waals surface area contributed by atoms with E-state index in [1.165, 1.54) is 0 Å². The van der Waals surface area contributed by atoms with Crippen molar-refractivity contribution in [2.24, 2.45) is 0 Å². The van der Waals surface area contributed by atoms with E-state index in [4.69, 9.17) is 11.6 Å². The van der Waals surface area contributed by atoms with Crippen LogP contribution in [0.3, 0.4) is 0 Å². The van der Waals surface area contributed by atoms with Crippen molar-refractivity contribution in [2.45, 2.75) is 31.2 Å². The summed E-state index contributed by atoms with van der Waals surface area (Å²) in [6, 6.07) is 2.00. The van der Waals surface area contributed by atoms with E-state index in [9.17, 15) is 26.3 Å². The van der Waals surface area contributed by atoms with Crippen molar-refractivity contribution in [3.8, 4) is 0 Å². The number of halogens is 9. The molecule has 1 fully saturated rings. The van der Waals surface area contributed by atoms with Gasteiger partial charge in [0.2, 0.25) is 0 Å². The lowest BCUT2D eigenvalue weighted by molar-refractivity contribution is -0.140. The first-order valence-corrected chi connectivity index (χ1v) is 7.84. The van der Waals surface area contributed by atoms with Crippen LogP contribution in [0.2, 0.25) is 5.02 Å². The third-order valence-corrected chi connectivity index (χ3v) is 4.32. The van der Waals surface area contributed by atoms with Gasteiger partial charge in [-0.15, -0.1) is 24.8 Å². The number of alkyl halides is 6. The third kappa shape index (κ3) is 7.31. The summed E-state index contributed by atoms with van der Waals surface area (Å²) >= 11 is 6.02. The number of nitrogens with zero attached hydrogens (tertiary/aromatic N) is 1. The summed E-state index contributed by atoms with van der Waals surface area (Å²) in [6.45, 7) is 2.04. The Kier molecular flexibility index (Phi) is 10.1. The summed E-state index contributed by atoms with van der Waals surface area (Å²) in [7, 11) is 0. The van der Waals surface area contributed by atoms with Gasteiger partial charge in [-0.3, -0.25) is 4.90 Å². The lowest BCUT2D eigenvalue weighted by Gasteiger charge is -2.36. The second-order valence-electron chi connectivity index (χ2n) is 5.69. The van der Waals surface area contributed by atoms with E-state index in [1.54, 1.807) is 4.90 Å². The molecule has 1 aromatic rings. The van der Waals surface area contributed by atoms with Gasteiger partial charge in [-0.1, -0.05) is 11.6 Å². The standard InChI is InChI=1S/C15H17ClF6N2.2ClH/c16-12-2-1-10(15(20,21)22)9-11(12)13(3-4-14(17,18)19)24-7-5-23-6-8-24;;/h1-2,9,13,23H,3-8H2;2*1H/t13-;;/m0../s1. The van der Waals surface area contributed by atoms with Crippen LogP contribution < -0.4 is 5.32 Å². The third-order valence-electron chi connectivity index (χ3n) is 3.98. The molecule has 1 atom stereocenters. The number of nitrogens with one attached hydrogen (secondary N) is 1. The summed E-state index contributed by atoms with van der Waals surface area (Å²) in [5.41, 5.74) is -0.813. The Morgan fingerprint density at radius 2 is 1.62 bits per heavy atom. The predicted molar refractivity (Wildman–Crippen MR) is 93.4 cm³/mol. The van der Waals surface area contributed by atoms with Crippen LogP contribution in [0.15, 0.2) is 18.2 Å². The van der Waals surface area contributed by atoms with E-state index < -0.39 is 30.4 Å². The predicted octanol–water partition coefficient (Wildman–Crippen LogP) is 5.49. The Labute approximate surface area is 165 Å². The van der Waals surface area contributed by atoms with Crippen molar-refractivity contribution in [3.63, 3.8) is 0 Å². The van der Waals surface area contributed by atoms with Crippen LogP contribution in [0.5, 0.6) is 0 Å². The molecule has 2 nitrogen and oxygen atoms in total. The molecular formula is C15H19Cl3F6N2. The van der Waals surface area contributed by atoms with E-state index in [1.807, 2.05) is 0 Å². The zero-order valence-electron chi connectivity index (χ0n) is 13.5. The maximum absolute atomic E-state index is 12.9. The highest BCUT2D eigenvalue weighted by atomic mass is 35.5. The summed E-state index contributed by atoms with van der Waals surface area (Å²) in [5.74, 6) is 0. The number of piperazine rings is 1. The SMILES string of the molecule is Cl.Cl.FC(F)(F)CC[C@@H](c1cc(C(F)(F)F)ccc1Cl)N1CCNCC1. The maximum Gasteiger partial charge on any atom is 0.416 e. The molecule has 0 saturated carbocycles. The first-order chi connectivity index (χ1) is 11.1. The average molecular weight is 448 g/mol. The highest BCUT2D eigenvalue weighted by Crippen LogP contribution is 2.38. The Morgan fingerprint density at radius 1 is 1.04 bits per heavy atom. The molecule has 0 spiro atoms. The molecule has 0 amide bonds. The molecule has 0 unspecified atom stereocenters. The van der Waals surface area contributed by atoms with Crippen LogP contribution in [0.25, 0.3) is 0 Å². The fourth-order valence-electron chi connectivity index (χ4n) is 2.80. The highest BCUT2D eigenvalue weighted by Gasteiger charge is 2.35. The minimum absolute atomic E-state index is 0. The van der Waals surface area contributed by atoms with Crippen LogP contribution >= 0.6 is 36.4 Å². The Morgan fingerprint density at radius 3 is 2.12 bits per heavy atom. The van der Waals surface area contributed by atoms with Crippen molar-refractivity contribution in [3.05, 3.63) is 34.3 Å². The Balaban J connectivity index is 0.00000312. The fraction of sp³-hybridized carbons (Fsp3) is 0.600. The first-order valence-electron chi connectivity index (χ1n) is 7.46. The molecule has 0 aromatic heterocycles. The molecule has 26 heavy (non-hydrogen) atoms. The maximum atomic E-state index is 12.9. The summed E-state index contributed by atoms with van der Waals surface area (Å²) in [6.07, 6.45) is -10.4.